The summed E-state index contributed by atoms with van der Waals surface area (Å²) in [5, 5.41) is 10.1. The number of nitrogens with zero attached hydrogens (tertiary/aromatic N) is 1. The second-order valence-corrected chi connectivity index (χ2v) is 10.4. The van der Waals surface area contributed by atoms with Crippen molar-refractivity contribution in [3.8, 4) is 0 Å². The molecule has 1 aliphatic heterocycles. The third-order valence-corrected chi connectivity index (χ3v) is 8.75. The van der Waals surface area contributed by atoms with Crippen LogP contribution in [0.5, 0.6) is 0 Å². The number of aliphatic hydroxyl groups is 1. The maximum absolute atomic E-state index is 13.5. The normalized spacial score (nSPS) is 34.4. The minimum absolute atomic E-state index is 0.00500. The summed E-state index contributed by atoms with van der Waals surface area (Å²) >= 11 is 0. The molecular weight excluding hydrogens is 362 g/mol. The zero-order valence-corrected chi connectivity index (χ0v) is 18.7. The maximum Gasteiger partial charge on any atom is 0.225 e. The molecule has 2 aliphatic carbocycles. The molecule has 1 N–H and O–H groups in total. The zero-order chi connectivity index (χ0) is 21.0. The minimum Gasteiger partial charge on any atom is -0.389 e. The van der Waals surface area contributed by atoms with E-state index in [-0.39, 0.29) is 22.8 Å². The molecule has 4 heteroatoms. The van der Waals surface area contributed by atoms with E-state index in [0.717, 1.165) is 50.6 Å². The number of carbonyl (C=O) groups is 1. The molecule has 2 fully saturated rings. The van der Waals surface area contributed by atoms with Gasteiger partial charge < -0.3 is 14.7 Å². The Balaban J connectivity index is 1.63. The number of ether oxygens (including phenoxy) is 1. The summed E-state index contributed by atoms with van der Waals surface area (Å²) in [6.45, 7) is 9.73. The predicted molar refractivity (Wildman–Crippen MR) is 115 cm³/mol. The van der Waals surface area contributed by atoms with Gasteiger partial charge in [0.15, 0.2) is 0 Å². The highest BCUT2D eigenvalue weighted by Crippen LogP contribution is 2.56. The Morgan fingerprint density at radius 3 is 2.52 bits per heavy atom. The van der Waals surface area contributed by atoms with Crippen molar-refractivity contribution in [3.63, 3.8) is 0 Å². The molecular formula is C25H37NO3. The first-order valence-corrected chi connectivity index (χ1v) is 11.3. The van der Waals surface area contributed by atoms with Gasteiger partial charge in [-0.2, -0.15) is 0 Å². The van der Waals surface area contributed by atoms with Gasteiger partial charge in [-0.3, -0.25) is 4.79 Å². The molecule has 160 valence electrons. The van der Waals surface area contributed by atoms with Gasteiger partial charge in [-0.05, 0) is 67.6 Å². The van der Waals surface area contributed by atoms with E-state index < -0.39 is 6.10 Å². The largest absolute Gasteiger partial charge is 0.389 e. The summed E-state index contributed by atoms with van der Waals surface area (Å²) in [6, 6.07) is 6.70. The van der Waals surface area contributed by atoms with Gasteiger partial charge in [-0.25, -0.2) is 0 Å². The fraction of sp³-hybridized carbons (Fsp3) is 0.720. The van der Waals surface area contributed by atoms with Crippen LogP contribution >= 0.6 is 0 Å². The van der Waals surface area contributed by atoms with Crippen molar-refractivity contribution in [3.05, 3.63) is 34.9 Å². The van der Waals surface area contributed by atoms with Crippen LogP contribution in [-0.2, 0) is 21.4 Å². The molecule has 29 heavy (non-hydrogen) atoms. The minimum atomic E-state index is -0.450. The number of aliphatic hydroxyl groups excluding tert-OH is 1. The van der Waals surface area contributed by atoms with Gasteiger partial charge in [0.1, 0.15) is 0 Å². The van der Waals surface area contributed by atoms with E-state index in [1.54, 1.807) is 7.11 Å². The molecule has 4 rings (SSSR count). The number of methoxy groups -OCH3 is 1. The number of hydrogen-bond donors (Lipinski definition) is 1. The van der Waals surface area contributed by atoms with Gasteiger partial charge in [0.05, 0.1) is 12.2 Å². The summed E-state index contributed by atoms with van der Waals surface area (Å²) in [6.07, 6.45) is 5.66. The van der Waals surface area contributed by atoms with Crippen molar-refractivity contribution < 1.29 is 14.6 Å². The first kappa shape index (κ1) is 20.9. The number of carbonyl (C=O) groups excluding carboxylic acids is 1. The Bertz CT molecular complexity index is 778. The standard InChI is InChI=1S/C25H37NO3/c1-16(27)18-6-7-19-15-22-24(2,3)25(4,21(19)14-18)12-13-26(22)23(28)17-8-10-20(29-5)11-9-17/h6-7,14,16-17,20,22,27H,8-13,15H2,1-5H3/t16?,17?,20?,22-,25+/m1/s1. The van der Waals surface area contributed by atoms with Crippen molar-refractivity contribution in [2.24, 2.45) is 11.3 Å². The van der Waals surface area contributed by atoms with E-state index in [2.05, 4.69) is 43.9 Å². The molecule has 4 nitrogen and oxygen atoms in total. The highest BCUT2D eigenvalue weighted by Gasteiger charge is 2.57. The molecule has 1 saturated carbocycles. The number of hydrogen-bond acceptors (Lipinski definition) is 3. The van der Waals surface area contributed by atoms with E-state index in [1.807, 2.05) is 6.92 Å². The lowest BCUT2D eigenvalue weighted by Crippen LogP contribution is -2.65. The topological polar surface area (TPSA) is 49.8 Å². The summed E-state index contributed by atoms with van der Waals surface area (Å²) in [5.74, 6) is 0.518. The summed E-state index contributed by atoms with van der Waals surface area (Å²) in [4.78, 5) is 15.8. The van der Waals surface area contributed by atoms with Gasteiger partial charge in [-0.15, -0.1) is 0 Å². The van der Waals surface area contributed by atoms with Crippen LogP contribution in [0, 0.1) is 11.3 Å². The maximum atomic E-state index is 13.5. The predicted octanol–water partition coefficient (Wildman–Crippen LogP) is 4.39. The van der Waals surface area contributed by atoms with Crippen LogP contribution in [-0.4, -0.2) is 41.7 Å². The van der Waals surface area contributed by atoms with Crippen molar-refractivity contribution in [2.75, 3.05) is 13.7 Å². The van der Waals surface area contributed by atoms with E-state index in [9.17, 15) is 9.90 Å². The Morgan fingerprint density at radius 2 is 1.90 bits per heavy atom. The highest BCUT2D eigenvalue weighted by atomic mass is 16.5. The van der Waals surface area contributed by atoms with Crippen LogP contribution in [0.1, 0.15) is 82.6 Å². The number of fused-ring (bicyclic) bond motifs is 4. The zero-order valence-electron chi connectivity index (χ0n) is 18.7. The second kappa shape index (κ2) is 7.39. The van der Waals surface area contributed by atoms with E-state index in [0.29, 0.717) is 12.0 Å². The molecule has 1 amide bonds. The Hall–Kier alpha value is -1.39. The molecule has 2 bridgehead atoms. The van der Waals surface area contributed by atoms with Crippen LogP contribution in [0.2, 0.25) is 0 Å². The lowest BCUT2D eigenvalue weighted by Gasteiger charge is -2.61. The van der Waals surface area contributed by atoms with Crippen molar-refractivity contribution in [1.29, 1.82) is 0 Å². The van der Waals surface area contributed by atoms with Crippen LogP contribution < -0.4 is 0 Å². The number of piperidine rings is 1. The van der Waals surface area contributed by atoms with Gasteiger partial charge in [0.2, 0.25) is 5.91 Å². The molecule has 1 unspecified atom stereocenters. The molecule has 1 saturated heterocycles. The van der Waals surface area contributed by atoms with Gasteiger partial charge in [0.25, 0.3) is 0 Å². The molecule has 1 heterocycles. The summed E-state index contributed by atoms with van der Waals surface area (Å²) in [7, 11) is 1.78. The number of benzene rings is 1. The first-order valence-electron chi connectivity index (χ1n) is 11.3. The highest BCUT2D eigenvalue weighted by molar-refractivity contribution is 5.80. The molecule has 3 aliphatic rings. The first-order chi connectivity index (χ1) is 13.7. The molecule has 1 aromatic carbocycles. The van der Waals surface area contributed by atoms with Crippen LogP contribution in [0.3, 0.4) is 0 Å². The van der Waals surface area contributed by atoms with E-state index >= 15 is 0 Å². The number of likely N-dealkylation sites (tertiary alicyclic amines) is 1. The van der Waals surface area contributed by atoms with Crippen molar-refractivity contribution in [1.82, 2.24) is 4.90 Å². The molecule has 3 atom stereocenters. The van der Waals surface area contributed by atoms with Crippen molar-refractivity contribution in [2.45, 2.75) is 89.9 Å². The average molecular weight is 400 g/mol. The second-order valence-electron chi connectivity index (χ2n) is 10.4. The lowest BCUT2D eigenvalue weighted by atomic mass is 9.50. The number of amides is 1. The third-order valence-electron chi connectivity index (χ3n) is 8.75. The van der Waals surface area contributed by atoms with Gasteiger partial charge in [0, 0.05) is 31.0 Å². The SMILES string of the molecule is COC1CCC(C(=O)N2CC[C@@]3(C)c4cc(C(C)O)ccc4C[C@@H]2C3(C)C)CC1. The van der Waals surface area contributed by atoms with Crippen LogP contribution in [0.15, 0.2) is 18.2 Å². The quantitative estimate of drug-likeness (QED) is 0.820. The summed E-state index contributed by atoms with van der Waals surface area (Å²) < 4.78 is 5.50. The summed E-state index contributed by atoms with van der Waals surface area (Å²) in [5.41, 5.74) is 3.73. The van der Waals surface area contributed by atoms with Gasteiger partial charge >= 0.3 is 0 Å². The average Bonchev–Trinajstić information content (AvgIpc) is 2.70. The van der Waals surface area contributed by atoms with Crippen LogP contribution in [0.25, 0.3) is 0 Å². The number of rotatable bonds is 3. The smallest absolute Gasteiger partial charge is 0.225 e. The molecule has 0 aromatic heterocycles. The third kappa shape index (κ3) is 3.23. The molecule has 0 radical (unpaired) electrons. The Morgan fingerprint density at radius 1 is 1.21 bits per heavy atom. The molecule has 1 aromatic rings. The molecule has 0 spiro atoms. The van der Waals surface area contributed by atoms with Gasteiger partial charge in [-0.1, -0.05) is 39.0 Å². The Labute approximate surface area is 175 Å². The van der Waals surface area contributed by atoms with Crippen molar-refractivity contribution >= 4 is 5.91 Å². The van der Waals surface area contributed by atoms with Crippen LogP contribution in [0.4, 0.5) is 0 Å². The fourth-order valence-electron chi connectivity index (χ4n) is 6.22. The Kier molecular flexibility index (Phi) is 5.31. The van der Waals surface area contributed by atoms with E-state index in [4.69, 9.17) is 4.74 Å². The fourth-order valence-corrected chi connectivity index (χ4v) is 6.22. The van der Waals surface area contributed by atoms with E-state index in [1.165, 1.54) is 11.1 Å². The monoisotopic (exact) mass is 399 g/mol. The lowest BCUT2D eigenvalue weighted by molar-refractivity contribution is -0.150.